The van der Waals surface area contributed by atoms with Crippen molar-refractivity contribution in [1.29, 1.82) is 0 Å². The van der Waals surface area contributed by atoms with Gasteiger partial charge in [-0.15, -0.1) is 22.7 Å². The fourth-order valence-electron chi connectivity index (χ4n) is 2.32. The maximum atomic E-state index is 12.7. The van der Waals surface area contributed by atoms with Crippen molar-refractivity contribution in [2.45, 2.75) is 32.4 Å². The maximum absolute atomic E-state index is 12.7. The molecule has 3 rings (SSSR count). The number of hydrogen-bond acceptors (Lipinski definition) is 5. The summed E-state index contributed by atoms with van der Waals surface area (Å²) in [6.45, 7) is 6.28. The number of rotatable bonds is 4. The quantitative estimate of drug-likeness (QED) is 0.511. The molecular formula is C18H17F3N2OS2. The van der Waals surface area contributed by atoms with E-state index in [1.807, 2.05) is 29.6 Å². The number of halogens is 3. The van der Waals surface area contributed by atoms with Crippen molar-refractivity contribution in [2.75, 3.05) is 5.32 Å². The molecule has 0 aliphatic rings. The average molecular weight is 398 g/mol. The Bertz CT molecular complexity index is 894. The van der Waals surface area contributed by atoms with Gasteiger partial charge in [0.05, 0.1) is 5.69 Å². The minimum absolute atomic E-state index is 0.0988. The van der Waals surface area contributed by atoms with E-state index in [0.717, 1.165) is 28.0 Å². The number of para-hydroxylation sites is 1. The third-order valence-corrected chi connectivity index (χ3v) is 5.11. The summed E-state index contributed by atoms with van der Waals surface area (Å²) < 4.78 is 44.2. The first kappa shape index (κ1) is 18.7. The van der Waals surface area contributed by atoms with Crippen LogP contribution in [0, 0.1) is 0 Å². The molecule has 0 saturated carbocycles. The lowest BCUT2D eigenvalue weighted by Gasteiger charge is -2.22. The van der Waals surface area contributed by atoms with E-state index in [2.05, 4.69) is 31.1 Å². The Morgan fingerprint density at radius 2 is 1.77 bits per heavy atom. The van der Waals surface area contributed by atoms with Gasteiger partial charge in [-0.05, 0) is 22.9 Å². The number of benzene rings is 1. The molecule has 0 saturated heterocycles. The third kappa shape index (κ3) is 4.19. The highest BCUT2D eigenvalue weighted by molar-refractivity contribution is 7.14. The Labute approximate surface area is 157 Å². The van der Waals surface area contributed by atoms with Gasteiger partial charge in [0.2, 0.25) is 5.06 Å². The second-order valence-corrected chi connectivity index (χ2v) is 8.37. The second-order valence-electron chi connectivity index (χ2n) is 6.63. The van der Waals surface area contributed by atoms with E-state index < -0.39 is 11.9 Å². The number of alkyl halides is 3. The Morgan fingerprint density at radius 3 is 2.42 bits per heavy atom. The van der Waals surface area contributed by atoms with Crippen molar-refractivity contribution in [2.24, 2.45) is 0 Å². The molecule has 8 heteroatoms. The first-order chi connectivity index (χ1) is 12.1. The number of hydrogen-bond donors (Lipinski definition) is 1. The topological polar surface area (TPSA) is 34.1 Å². The molecule has 0 atom stereocenters. The van der Waals surface area contributed by atoms with Gasteiger partial charge in [0, 0.05) is 10.9 Å². The molecule has 3 nitrogen and oxygen atoms in total. The lowest BCUT2D eigenvalue weighted by Crippen LogP contribution is -2.12. The van der Waals surface area contributed by atoms with E-state index >= 15 is 0 Å². The monoisotopic (exact) mass is 398 g/mol. The predicted octanol–water partition coefficient (Wildman–Crippen LogP) is 7.06. The Hall–Kier alpha value is -2.06. The van der Waals surface area contributed by atoms with Crippen LogP contribution in [0.1, 0.15) is 32.0 Å². The summed E-state index contributed by atoms with van der Waals surface area (Å²) in [5.41, 5.74) is 0.633. The number of thiophene rings is 1. The summed E-state index contributed by atoms with van der Waals surface area (Å²) in [5.74, 6) is 0.723. The van der Waals surface area contributed by atoms with Crippen LogP contribution in [0.15, 0.2) is 41.1 Å². The molecule has 1 aromatic carbocycles. The minimum Gasteiger partial charge on any atom is -0.444 e. The molecule has 0 bridgehead atoms. The van der Waals surface area contributed by atoms with Gasteiger partial charge < -0.3 is 10.1 Å². The van der Waals surface area contributed by atoms with Gasteiger partial charge in [0.1, 0.15) is 5.75 Å². The summed E-state index contributed by atoms with van der Waals surface area (Å²) in [6.07, 6.45) is -4.45. The van der Waals surface area contributed by atoms with Gasteiger partial charge in [-0.3, -0.25) is 0 Å². The molecule has 1 N–H and O–H groups in total. The molecule has 0 fully saturated rings. The van der Waals surface area contributed by atoms with Crippen LogP contribution >= 0.6 is 22.7 Å². The van der Waals surface area contributed by atoms with Crippen LogP contribution < -0.4 is 10.1 Å². The highest BCUT2D eigenvalue weighted by atomic mass is 32.1. The molecule has 2 aromatic heterocycles. The van der Waals surface area contributed by atoms with Crippen LogP contribution in [0.3, 0.4) is 0 Å². The molecule has 0 radical (unpaired) electrons. The zero-order valence-electron chi connectivity index (χ0n) is 14.3. The van der Waals surface area contributed by atoms with E-state index in [1.54, 1.807) is 6.07 Å². The molecule has 2 heterocycles. The first-order valence-electron chi connectivity index (χ1n) is 7.79. The van der Waals surface area contributed by atoms with Crippen molar-refractivity contribution >= 4 is 33.5 Å². The number of nitrogens with one attached hydrogen (secondary N) is 1. The first-order valence-corrected chi connectivity index (χ1v) is 9.55. The highest BCUT2D eigenvalue weighted by Gasteiger charge is 2.33. The van der Waals surface area contributed by atoms with Gasteiger partial charge >= 0.3 is 6.18 Å². The van der Waals surface area contributed by atoms with Crippen molar-refractivity contribution in [1.82, 2.24) is 4.98 Å². The summed E-state index contributed by atoms with van der Waals surface area (Å²) in [4.78, 5) is 3.59. The molecule has 26 heavy (non-hydrogen) atoms. The van der Waals surface area contributed by atoms with Crippen LogP contribution in [0.4, 0.5) is 24.0 Å². The zero-order valence-corrected chi connectivity index (χ0v) is 16.0. The largest absolute Gasteiger partial charge is 0.444 e. The van der Waals surface area contributed by atoms with Crippen LogP contribution in [0.25, 0.3) is 0 Å². The van der Waals surface area contributed by atoms with Crippen molar-refractivity contribution in [3.63, 3.8) is 0 Å². The van der Waals surface area contributed by atoms with Crippen molar-refractivity contribution < 1.29 is 17.9 Å². The SMILES string of the molecule is CC(C)(C)c1ccccc1Oc1sccc1Nc1nc(C(F)(F)F)cs1. The number of nitrogens with zero attached hydrogens (tertiary/aromatic N) is 1. The highest BCUT2D eigenvalue weighted by Crippen LogP contribution is 2.41. The molecule has 3 aromatic rings. The minimum atomic E-state index is -4.45. The smallest absolute Gasteiger partial charge is 0.434 e. The fourth-order valence-corrected chi connectivity index (χ4v) is 3.76. The Morgan fingerprint density at radius 1 is 1.04 bits per heavy atom. The summed E-state index contributed by atoms with van der Waals surface area (Å²) >= 11 is 2.27. The molecule has 0 aliphatic carbocycles. The summed E-state index contributed by atoms with van der Waals surface area (Å²) in [5, 5.41) is 6.47. The lowest BCUT2D eigenvalue weighted by atomic mass is 9.86. The maximum Gasteiger partial charge on any atom is 0.434 e. The van der Waals surface area contributed by atoms with Crippen LogP contribution in [0.2, 0.25) is 0 Å². The van der Waals surface area contributed by atoms with Crippen molar-refractivity contribution in [3.05, 3.63) is 52.3 Å². The Kier molecular flexibility index (Phi) is 4.98. The van der Waals surface area contributed by atoms with Crippen LogP contribution in [-0.4, -0.2) is 4.98 Å². The third-order valence-electron chi connectivity index (χ3n) is 3.56. The van der Waals surface area contributed by atoms with Crippen LogP contribution in [-0.2, 0) is 11.6 Å². The lowest BCUT2D eigenvalue weighted by molar-refractivity contribution is -0.140. The molecular weight excluding hydrogens is 381 g/mol. The van der Waals surface area contributed by atoms with Gasteiger partial charge in [0.25, 0.3) is 0 Å². The van der Waals surface area contributed by atoms with Gasteiger partial charge in [-0.2, -0.15) is 13.2 Å². The summed E-state index contributed by atoms with van der Waals surface area (Å²) in [7, 11) is 0. The molecule has 0 unspecified atom stereocenters. The van der Waals surface area contributed by atoms with E-state index in [0.29, 0.717) is 10.8 Å². The van der Waals surface area contributed by atoms with Gasteiger partial charge in [-0.1, -0.05) is 39.0 Å². The summed E-state index contributed by atoms with van der Waals surface area (Å²) in [6, 6.07) is 9.49. The fraction of sp³-hybridized carbons (Fsp3) is 0.278. The standard InChI is InChI=1S/C18H17F3N2OS2/c1-17(2,3)11-6-4-5-7-13(11)24-15-12(8-9-25-15)22-16-23-14(10-26-16)18(19,20)21/h4-10H,1-3H3,(H,22,23). The number of aromatic nitrogens is 1. The number of thiazole rings is 1. The Balaban J connectivity index is 1.83. The molecule has 138 valence electrons. The second kappa shape index (κ2) is 6.92. The van der Waals surface area contributed by atoms with Crippen molar-refractivity contribution in [3.8, 4) is 10.8 Å². The van der Waals surface area contributed by atoms with Gasteiger partial charge in [0.15, 0.2) is 10.8 Å². The van der Waals surface area contributed by atoms with Gasteiger partial charge in [-0.25, -0.2) is 4.98 Å². The zero-order chi connectivity index (χ0) is 18.9. The predicted molar refractivity (Wildman–Crippen MR) is 99.9 cm³/mol. The van der Waals surface area contributed by atoms with E-state index in [1.165, 1.54) is 11.3 Å². The van der Waals surface area contributed by atoms with Crippen LogP contribution in [0.5, 0.6) is 10.8 Å². The number of ether oxygens (including phenoxy) is 1. The molecule has 0 aliphatic heterocycles. The number of anilines is 2. The van der Waals surface area contributed by atoms with E-state index in [9.17, 15) is 13.2 Å². The molecule has 0 spiro atoms. The van der Waals surface area contributed by atoms with E-state index in [-0.39, 0.29) is 10.5 Å². The van der Waals surface area contributed by atoms with E-state index in [4.69, 9.17) is 4.74 Å². The molecule has 0 amide bonds. The normalized spacial score (nSPS) is 12.2. The average Bonchev–Trinajstić information content (AvgIpc) is 3.17.